The molecule has 0 aliphatic heterocycles. The lowest BCUT2D eigenvalue weighted by molar-refractivity contribution is 0.0982. The van der Waals surface area contributed by atoms with Gasteiger partial charge in [-0.2, -0.15) is 9.97 Å². The fourth-order valence-corrected chi connectivity index (χ4v) is 5.23. The SMILES string of the molecule is COc1cnc([C@@H](OC)[C@H](C)S(=O)(=O)Cc2nnc(-c3cccnc3)n2-c2c(OC)ncnc2OC)cn1. The van der Waals surface area contributed by atoms with Crippen LogP contribution in [0.2, 0.25) is 0 Å². The molecule has 0 radical (unpaired) electrons. The van der Waals surface area contributed by atoms with Crippen LogP contribution in [-0.4, -0.2) is 81.8 Å². The molecule has 0 aliphatic rings. The molecule has 0 aromatic carbocycles. The number of hydrogen-bond acceptors (Lipinski definition) is 13. The van der Waals surface area contributed by atoms with Crippen LogP contribution in [-0.2, 0) is 20.3 Å². The molecule has 0 fully saturated rings. The van der Waals surface area contributed by atoms with Crippen molar-refractivity contribution in [2.45, 2.75) is 24.0 Å². The highest BCUT2D eigenvalue weighted by atomic mass is 32.2. The van der Waals surface area contributed by atoms with Crippen molar-refractivity contribution in [1.29, 1.82) is 0 Å². The number of pyridine rings is 1. The van der Waals surface area contributed by atoms with Gasteiger partial charge in [-0.25, -0.2) is 13.4 Å². The third-order valence-electron chi connectivity index (χ3n) is 5.74. The Morgan fingerprint density at radius 1 is 0.921 bits per heavy atom. The Morgan fingerprint density at radius 2 is 1.66 bits per heavy atom. The molecule has 0 saturated carbocycles. The molecule has 4 rings (SSSR count). The molecule has 14 nitrogen and oxygen atoms in total. The Morgan fingerprint density at radius 3 is 2.21 bits per heavy atom. The van der Waals surface area contributed by atoms with Crippen LogP contribution >= 0.6 is 0 Å². The third-order valence-corrected chi connectivity index (χ3v) is 7.78. The van der Waals surface area contributed by atoms with Crippen LogP contribution in [0.5, 0.6) is 17.6 Å². The van der Waals surface area contributed by atoms with E-state index in [1.54, 1.807) is 24.5 Å². The van der Waals surface area contributed by atoms with E-state index in [-0.39, 0.29) is 23.3 Å². The number of ether oxygens (including phenoxy) is 4. The van der Waals surface area contributed by atoms with Crippen molar-refractivity contribution in [3.05, 3.63) is 54.8 Å². The summed E-state index contributed by atoms with van der Waals surface area (Å²) in [4.78, 5) is 20.8. The molecule has 4 aromatic heterocycles. The largest absolute Gasteiger partial charge is 0.480 e. The van der Waals surface area contributed by atoms with Crippen molar-refractivity contribution < 1.29 is 27.4 Å². The topological polar surface area (TPSA) is 166 Å². The van der Waals surface area contributed by atoms with E-state index < -0.39 is 26.9 Å². The molecule has 0 saturated heterocycles. The van der Waals surface area contributed by atoms with Gasteiger partial charge in [0.15, 0.2) is 27.2 Å². The second-order valence-corrected chi connectivity index (χ2v) is 10.3. The van der Waals surface area contributed by atoms with Gasteiger partial charge in [0.05, 0.1) is 44.7 Å². The molecule has 0 N–H and O–H groups in total. The van der Waals surface area contributed by atoms with Gasteiger partial charge in [-0.15, -0.1) is 10.2 Å². The molecule has 4 heterocycles. The summed E-state index contributed by atoms with van der Waals surface area (Å²) < 4.78 is 50.3. The van der Waals surface area contributed by atoms with Crippen molar-refractivity contribution in [1.82, 2.24) is 39.7 Å². The van der Waals surface area contributed by atoms with Crippen molar-refractivity contribution >= 4 is 9.84 Å². The van der Waals surface area contributed by atoms with Gasteiger partial charge in [0, 0.05) is 25.1 Å². The van der Waals surface area contributed by atoms with E-state index in [0.717, 1.165) is 0 Å². The van der Waals surface area contributed by atoms with E-state index in [2.05, 4.69) is 35.1 Å². The normalized spacial score (nSPS) is 13.1. The van der Waals surface area contributed by atoms with Crippen LogP contribution in [0.1, 0.15) is 24.5 Å². The summed E-state index contributed by atoms with van der Waals surface area (Å²) in [7, 11) is 1.81. The van der Waals surface area contributed by atoms with Crippen molar-refractivity contribution in [3.63, 3.8) is 0 Å². The predicted octanol–water partition coefficient (Wildman–Crippen LogP) is 1.63. The number of methoxy groups -OCH3 is 4. The van der Waals surface area contributed by atoms with Gasteiger partial charge >= 0.3 is 0 Å². The van der Waals surface area contributed by atoms with Crippen LogP contribution in [0.3, 0.4) is 0 Å². The predicted molar refractivity (Wildman–Crippen MR) is 134 cm³/mol. The van der Waals surface area contributed by atoms with Crippen molar-refractivity contribution in [2.24, 2.45) is 0 Å². The molecule has 4 aromatic rings. The smallest absolute Gasteiger partial charge is 0.245 e. The summed E-state index contributed by atoms with van der Waals surface area (Å²) in [5.41, 5.74) is 1.15. The standard InChI is InChI=1S/C23H26N8O6S/c1-14(20(35-3)16-10-26-18(34-2)11-25-16)38(32,33)12-17-29-30-21(15-7-6-8-24-9-15)31(17)19-22(36-4)27-13-28-23(19)37-5/h6-11,13-14,20H,12H2,1-5H3/t14-,20-/m0/s1. The zero-order valence-corrected chi connectivity index (χ0v) is 22.2. The molecular weight excluding hydrogens is 516 g/mol. The molecule has 0 spiro atoms. The third kappa shape index (κ3) is 5.24. The van der Waals surface area contributed by atoms with Crippen LogP contribution in [0, 0.1) is 0 Å². The summed E-state index contributed by atoms with van der Waals surface area (Å²) >= 11 is 0. The zero-order chi connectivity index (χ0) is 27.3. The number of sulfone groups is 1. The summed E-state index contributed by atoms with van der Waals surface area (Å²) in [5.74, 6) is 0.438. The summed E-state index contributed by atoms with van der Waals surface area (Å²) in [5, 5.41) is 7.47. The Kier molecular flexibility index (Phi) is 8.07. The molecule has 0 unspecified atom stereocenters. The first-order chi connectivity index (χ1) is 18.3. The highest BCUT2D eigenvalue weighted by molar-refractivity contribution is 7.91. The molecular formula is C23H26N8O6S. The van der Waals surface area contributed by atoms with Crippen molar-refractivity contribution in [2.75, 3.05) is 28.4 Å². The number of hydrogen-bond donors (Lipinski definition) is 0. The highest BCUT2D eigenvalue weighted by Crippen LogP contribution is 2.34. The zero-order valence-electron chi connectivity index (χ0n) is 21.3. The van der Waals surface area contributed by atoms with Gasteiger partial charge in [0.1, 0.15) is 18.2 Å². The molecule has 38 heavy (non-hydrogen) atoms. The van der Waals surface area contributed by atoms with Crippen LogP contribution in [0.15, 0.2) is 43.2 Å². The lowest BCUT2D eigenvalue weighted by atomic mass is 10.2. The Bertz CT molecular complexity index is 1460. The fraction of sp³-hybridized carbons (Fsp3) is 0.348. The van der Waals surface area contributed by atoms with E-state index in [9.17, 15) is 8.42 Å². The first-order valence-electron chi connectivity index (χ1n) is 11.2. The lowest BCUT2D eigenvalue weighted by Gasteiger charge is -2.22. The van der Waals surface area contributed by atoms with Gasteiger partial charge in [0.2, 0.25) is 17.6 Å². The van der Waals surface area contributed by atoms with Crippen molar-refractivity contribution in [3.8, 4) is 34.7 Å². The van der Waals surface area contributed by atoms with Crippen LogP contribution in [0.25, 0.3) is 17.1 Å². The maximum absolute atomic E-state index is 13.7. The molecule has 0 bridgehead atoms. The number of nitrogens with zero attached hydrogens (tertiary/aromatic N) is 8. The van der Waals surface area contributed by atoms with Gasteiger partial charge in [-0.3, -0.25) is 14.5 Å². The monoisotopic (exact) mass is 542 g/mol. The maximum Gasteiger partial charge on any atom is 0.245 e. The fourth-order valence-electron chi connectivity index (χ4n) is 3.80. The van der Waals surface area contributed by atoms with E-state index >= 15 is 0 Å². The molecule has 0 amide bonds. The summed E-state index contributed by atoms with van der Waals surface area (Å²) in [6.07, 6.45) is 6.36. The second-order valence-electron chi connectivity index (χ2n) is 7.91. The van der Waals surface area contributed by atoms with E-state index in [0.29, 0.717) is 23.0 Å². The van der Waals surface area contributed by atoms with E-state index in [1.807, 2.05) is 0 Å². The van der Waals surface area contributed by atoms with Gasteiger partial charge in [-0.1, -0.05) is 0 Å². The highest BCUT2D eigenvalue weighted by Gasteiger charge is 2.35. The second kappa shape index (κ2) is 11.4. The summed E-state index contributed by atoms with van der Waals surface area (Å²) in [6.45, 7) is 1.53. The van der Waals surface area contributed by atoms with E-state index in [1.165, 1.54) is 58.7 Å². The van der Waals surface area contributed by atoms with Gasteiger partial charge in [-0.05, 0) is 19.1 Å². The average Bonchev–Trinajstić information content (AvgIpc) is 3.35. The minimum absolute atomic E-state index is 0.0813. The minimum atomic E-state index is -3.91. The van der Waals surface area contributed by atoms with Crippen LogP contribution in [0.4, 0.5) is 0 Å². The average molecular weight is 543 g/mol. The first-order valence-corrected chi connectivity index (χ1v) is 12.9. The first kappa shape index (κ1) is 26.8. The Hall–Kier alpha value is -4.24. The lowest BCUT2D eigenvalue weighted by Crippen LogP contribution is -2.29. The van der Waals surface area contributed by atoms with Crippen LogP contribution < -0.4 is 14.2 Å². The molecule has 15 heteroatoms. The quantitative estimate of drug-likeness (QED) is 0.268. The number of rotatable bonds is 11. The molecule has 0 aliphatic carbocycles. The summed E-state index contributed by atoms with van der Waals surface area (Å²) in [6, 6.07) is 3.49. The Balaban J connectivity index is 1.80. The molecule has 200 valence electrons. The minimum Gasteiger partial charge on any atom is -0.480 e. The number of aromatic nitrogens is 8. The van der Waals surface area contributed by atoms with Gasteiger partial charge < -0.3 is 18.9 Å². The Labute approximate surface area is 219 Å². The van der Waals surface area contributed by atoms with E-state index in [4.69, 9.17) is 18.9 Å². The maximum atomic E-state index is 13.7. The van der Waals surface area contributed by atoms with Gasteiger partial charge in [0.25, 0.3) is 0 Å². The molecule has 2 atom stereocenters.